The third-order valence-electron chi connectivity index (χ3n) is 3.28. The van der Waals surface area contributed by atoms with E-state index >= 15 is 0 Å². The van der Waals surface area contributed by atoms with Crippen LogP contribution in [0.2, 0.25) is 0 Å². The molecule has 0 aliphatic carbocycles. The van der Waals surface area contributed by atoms with Gasteiger partial charge in [-0.2, -0.15) is 0 Å². The molecule has 0 aliphatic rings. The minimum absolute atomic E-state index is 0.0931. The van der Waals surface area contributed by atoms with Gasteiger partial charge in [-0.1, -0.05) is 30.3 Å². The molecule has 2 aromatic rings. The van der Waals surface area contributed by atoms with Gasteiger partial charge in [0.05, 0.1) is 0 Å². The van der Waals surface area contributed by atoms with E-state index in [-0.39, 0.29) is 12.1 Å². The van der Waals surface area contributed by atoms with Crippen molar-refractivity contribution >= 4 is 5.97 Å². The van der Waals surface area contributed by atoms with Crippen molar-refractivity contribution in [1.82, 2.24) is 0 Å². The molecule has 116 valence electrons. The fourth-order valence-corrected chi connectivity index (χ4v) is 2.25. The zero-order valence-corrected chi connectivity index (χ0v) is 12.9. The standard InChI is InChI=1S/C18H21NO3/c1-13-12-16(21-14(2)20)8-9-17(13)22-18(10-11-19)15-6-4-3-5-7-15/h3-9,12,18H,10-11,19H2,1-2H3. The highest BCUT2D eigenvalue weighted by Crippen LogP contribution is 2.29. The summed E-state index contributed by atoms with van der Waals surface area (Å²) in [5.74, 6) is 0.948. The van der Waals surface area contributed by atoms with Crippen LogP contribution in [0.4, 0.5) is 0 Å². The zero-order valence-electron chi connectivity index (χ0n) is 12.9. The second kappa shape index (κ2) is 7.61. The van der Waals surface area contributed by atoms with E-state index < -0.39 is 0 Å². The maximum Gasteiger partial charge on any atom is 0.308 e. The first kappa shape index (κ1) is 16.0. The second-order valence-corrected chi connectivity index (χ2v) is 5.12. The van der Waals surface area contributed by atoms with Gasteiger partial charge in [-0.05, 0) is 42.8 Å². The summed E-state index contributed by atoms with van der Waals surface area (Å²) >= 11 is 0. The van der Waals surface area contributed by atoms with Gasteiger partial charge >= 0.3 is 5.97 Å². The summed E-state index contributed by atoms with van der Waals surface area (Å²) in [6.45, 7) is 3.85. The van der Waals surface area contributed by atoms with Crippen molar-refractivity contribution < 1.29 is 14.3 Å². The second-order valence-electron chi connectivity index (χ2n) is 5.12. The summed E-state index contributed by atoms with van der Waals surface area (Å²) in [5.41, 5.74) is 7.71. The first-order valence-electron chi connectivity index (χ1n) is 7.31. The van der Waals surface area contributed by atoms with Crippen molar-refractivity contribution in [3.8, 4) is 11.5 Å². The summed E-state index contributed by atoms with van der Waals surface area (Å²) in [6.07, 6.45) is 0.638. The van der Waals surface area contributed by atoms with Crippen LogP contribution in [0.25, 0.3) is 0 Å². The van der Waals surface area contributed by atoms with Crippen molar-refractivity contribution in [2.24, 2.45) is 5.73 Å². The molecule has 0 fully saturated rings. The molecule has 0 spiro atoms. The average molecular weight is 299 g/mol. The molecular weight excluding hydrogens is 278 g/mol. The quantitative estimate of drug-likeness (QED) is 0.656. The van der Waals surface area contributed by atoms with Gasteiger partial charge in [-0.25, -0.2) is 0 Å². The molecule has 0 saturated carbocycles. The monoisotopic (exact) mass is 299 g/mol. The summed E-state index contributed by atoms with van der Waals surface area (Å²) in [6, 6.07) is 15.3. The van der Waals surface area contributed by atoms with E-state index in [1.165, 1.54) is 6.92 Å². The van der Waals surface area contributed by atoms with Crippen LogP contribution in [0.15, 0.2) is 48.5 Å². The van der Waals surface area contributed by atoms with Gasteiger partial charge in [0.1, 0.15) is 17.6 Å². The molecule has 0 aromatic heterocycles. The van der Waals surface area contributed by atoms with E-state index in [2.05, 4.69) is 0 Å². The van der Waals surface area contributed by atoms with Crippen molar-refractivity contribution in [2.45, 2.75) is 26.4 Å². The van der Waals surface area contributed by atoms with E-state index in [1.54, 1.807) is 12.1 Å². The third-order valence-corrected chi connectivity index (χ3v) is 3.28. The van der Waals surface area contributed by atoms with E-state index in [4.69, 9.17) is 15.2 Å². The summed E-state index contributed by atoms with van der Waals surface area (Å²) < 4.78 is 11.2. The van der Waals surface area contributed by atoms with Crippen LogP contribution < -0.4 is 15.2 Å². The van der Waals surface area contributed by atoms with Gasteiger partial charge in [-0.3, -0.25) is 4.79 Å². The van der Waals surface area contributed by atoms with Crippen molar-refractivity contribution in [3.05, 3.63) is 59.7 Å². The average Bonchev–Trinajstić information content (AvgIpc) is 2.49. The van der Waals surface area contributed by atoms with Crippen LogP contribution in [0.5, 0.6) is 11.5 Å². The van der Waals surface area contributed by atoms with Gasteiger partial charge in [0.2, 0.25) is 0 Å². The number of aryl methyl sites for hydroxylation is 1. The minimum Gasteiger partial charge on any atom is -0.485 e. The lowest BCUT2D eigenvalue weighted by Gasteiger charge is -2.20. The fraction of sp³-hybridized carbons (Fsp3) is 0.278. The topological polar surface area (TPSA) is 61.5 Å². The summed E-state index contributed by atoms with van der Waals surface area (Å²) in [4.78, 5) is 11.0. The molecule has 2 rings (SSSR count). The van der Waals surface area contributed by atoms with E-state index in [0.717, 1.165) is 23.3 Å². The van der Waals surface area contributed by atoms with E-state index in [1.807, 2.05) is 43.3 Å². The zero-order chi connectivity index (χ0) is 15.9. The molecule has 0 radical (unpaired) electrons. The van der Waals surface area contributed by atoms with Gasteiger partial charge in [-0.15, -0.1) is 0 Å². The maximum absolute atomic E-state index is 11.0. The molecule has 0 aliphatic heterocycles. The van der Waals surface area contributed by atoms with Crippen molar-refractivity contribution in [2.75, 3.05) is 6.54 Å². The number of rotatable bonds is 6. The molecule has 0 saturated heterocycles. The normalized spacial score (nSPS) is 11.8. The third kappa shape index (κ3) is 4.33. The Labute approximate surface area is 130 Å². The number of benzene rings is 2. The molecule has 22 heavy (non-hydrogen) atoms. The molecule has 2 N–H and O–H groups in total. The Morgan fingerprint density at radius 3 is 2.50 bits per heavy atom. The van der Waals surface area contributed by atoms with Crippen molar-refractivity contribution in [3.63, 3.8) is 0 Å². The Morgan fingerprint density at radius 2 is 1.91 bits per heavy atom. The molecule has 0 bridgehead atoms. The highest BCUT2D eigenvalue weighted by Gasteiger charge is 2.14. The van der Waals surface area contributed by atoms with E-state index in [9.17, 15) is 4.79 Å². The summed E-state index contributed by atoms with van der Waals surface area (Å²) in [7, 11) is 0. The number of nitrogens with two attached hydrogens (primary N) is 1. The maximum atomic E-state index is 11.0. The lowest BCUT2D eigenvalue weighted by Crippen LogP contribution is -2.13. The Bertz CT molecular complexity index is 625. The number of carbonyl (C=O) groups is 1. The fourth-order valence-electron chi connectivity index (χ4n) is 2.25. The Kier molecular flexibility index (Phi) is 5.55. The highest BCUT2D eigenvalue weighted by atomic mass is 16.5. The van der Waals surface area contributed by atoms with Crippen LogP contribution in [0, 0.1) is 6.92 Å². The highest BCUT2D eigenvalue weighted by molar-refractivity contribution is 5.69. The number of hydrogen-bond acceptors (Lipinski definition) is 4. The number of hydrogen-bond donors (Lipinski definition) is 1. The predicted octanol–water partition coefficient (Wildman–Crippen LogP) is 3.39. The number of ether oxygens (including phenoxy) is 2. The van der Waals surface area contributed by atoms with Gasteiger partial charge in [0, 0.05) is 13.3 Å². The van der Waals surface area contributed by atoms with Gasteiger partial charge < -0.3 is 15.2 Å². The minimum atomic E-state index is -0.335. The molecule has 4 nitrogen and oxygen atoms in total. The first-order chi connectivity index (χ1) is 10.6. The van der Waals surface area contributed by atoms with Crippen molar-refractivity contribution in [1.29, 1.82) is 0 Å². The SMILES string of the molecule is CC(=O)Oc1ccc(OC(CCN)c2ccccc2)c(C)c1. The smallest absolute Gasteiger partial charge is 0.308 e. The Balaban J connectivity index is 2.18. The van der Waals surface area contributed by atoms with Gasteiger partial charge in [0.25, 0.3) is 0 Å². The summed E-state index contributed by atoms with van der Waals surface area (Å²) in [5, 5.41) is 0. The molecular formula is C18H21NO3. The molecule has 1 unspecified atom stereocenters. The van der Waals surface area contributed by atoms with Crippen LogP contribution in [-0.2, 0) is 4.79 Å². The van der Waals surface area contributed by atoms with Crippen LogP contribution in [0.1, 0.15) is 30.6 Å². The predicted molar refractivity (Wildman–Crippen MR) is 86.0 cm³/mol. The molecule has 1 atom stereocenters. The Morgan fingerprint density at radius 1 is 1.18 bits per heavy atom. The number of esters is 1. The van der Waals surface area contributed by atoms with Crippen LogP contribution in [-0.4, -0.2) is 12.5 Å². The largest absolute Gasteiger partial charge is 0.485 e. The van der Waals surface area contributed by atoms with Crippen LogP contribution >= 0.6 is 0 Å². The molecule has 4 heteroatoms. The lowest BCUT2D eigenvalue weighted by molar-refractivity contribution is -0.131. The number of carbonyl (C=O) groups excluding carboxylic acids is 1. The lowest BCUT2D eigenvalue weighted by atomic mass is 10.1. The van der Waals surface area contributed by atoms with E-state index in [0.29, 0.717) is 12.3 Å². The molecule has 2 aromatic carbocycles. The first-order valence-corrected chi connectivity index (χ1v) is 7.31. The van der Waals surface area contributed by atoms with Gasteiger partial charge in [0.15, 0.2) is 0 Å². The molecule has 0 heterocycles. The Hall–Kier alpha value is -2.33. The van der Waals surface area contributed by atoms with Crippen LogP contribution in [0.3, 0.4) is 0 Å². The molecule has 0 amide bonds.